The van der Waals surface area contributed by atoms with Crippen LogP contribution in [-0.4, -0.2) is 34.1 Å². The third-order valence-corrected chi connectivity index (χ3v) is 2.76. The van der Waals surface area contributed by atoms with E-state index in [1.165, 1.54) is 0 Å². The average molecular weight is 229 g/mol. The summed E-state index contributed by atoms with van der Waals surface area (Å²) in [7, 11) is 0. The molecule has 4 heteroatoms. The van der Waals surface area contributed by atoms with Crippen molar-refractivity contribution >= 4 is 16.8 Å². The molecule has 1 amide bonds. The molecule has 1 aromatic heterocycles. The van der Waals surface area contributed by atoms with Gasteiger partial charge >= 0.3 is 0 Å². The fraction of sp³-hybridized carbons (Fsp3) is 0.308. The molecular formula is C13H15N3O. The van der Waals surface area contributed by atoms with Crippen LogP contribution in [0.15, 0.2) is 30.3 Å². The highest BCUT2D eigenvalue weighted by molar-refractivity contribution is 5.95. The van der Waals surface area contributed by atoms with E-state index in [1.54, 1.807) is 11.0 Å². The Labute approximate surface area is 100 Å². The topological polar surface area (TPSA) is 46.1 Å². The maximum absolute atomic E-state index is 12.1. The van der Waals surface area contributed by atoms with Crippen molar-refractivity contribution in [2.75, 3.05) is 13.1 Å². The lowest BCUT2D eigenvalue weighted by Gasteiger charge is -2.17. The van der Waals surface area contributed by atoms with E-state index in [1.807, 2.05) is 38.1 Å². The summed E-state index contributed by atoms with van der Waals surface area (Å²) in [6.07, 6.45) is 0. The number of nitrogens with zero attached hydrogens (tertiary/aromatic N) is 3. The Hall–Kier alpha value is -1.97. The van der Waals surface area contributed by atoms with Crippen molar-refractivity contribution in [3.8, 4) is 0 Å². The zero-order valence-electron chi connectivity index (χ0n) is 10.1. The molecule has 0 fully saturated rings. The number of fused-ring (bicyclic) bond motifs is 1. The predicted octanol–water partition coefficient (Wildman–Crippen LogP) is 2.11. The van der Waals surface area contributed by atoms with Crippen molar-refractivity contribution in [1.29, 1.82) is 0 Å². The third kappa shape index (κ3) is 2.25. The highest BCUT2D eigenvalue weighted by Crippen LogP contribution is 2.11. The number of carbonyl (C=O) groups excluding carboxylic acids is 1. The first-order valence-electron chi connectivity index (χ1n) is 5.78. The summed E-state index contributed by atoms with van der Waals surface area (Å²) in [6, 6.07) is 9.44. The summed E-state index contributed by atoms with van der Waals surface area (Å²) in [6.45, 7) is 5.28. The fourth-order valence-electron chi connectivity index (χ4n) is 1.76. The molecule has 0 N–H and O–H groups in total. The first-order chi connectivity index (χ1) is 8.26. The highest BCUT2D eigenvalue weighted by Gasteiger charge is 2.14. The van der Waals surface area contributed by atoms with Gasteiger partial charge in [-0.15, -0.1) is 10.2 Å². The lowest BCUT2D eigenvalue weighted by atomic mass is 10.2. The van der Waals surface area contributed by atoms with Crippen LogP contribution in [0.4, 0.5) is 0 Å². The van der Waals surface area contributed by atoms with E-state index in [-0.39, 0.29) is 5.91 Å². The molecule has 4 nitrogen and oxygen atoms in total. The Kier molecular flexibility index (Phi) is 3.32. The monoisotopic (exact) mass is 229 g/mol. The van der Waals surface area contributed by atoms with Crippen molar-refractivity contribution in [1.82, 2.24) is 15.1 Å². The number of hydrogen-bond acceptors (Lipinski definition) is 3. The van der Waals surface area contributed by atoms with Crippen molar-refractivity contribution in [3.05, 3.63) is 36.0 Å². The Balaban J connectivity index is 2.39. The number of hydrogen-bond donors (Lipinski definition) is 0. The van der Waals surface area contributed by atoms with Gasteiger partial charge < -0.3 is 4.90 Å². The molecule has 0 saturated carbocycles. The van der Waals surface area contributed by atoms with E-state index in [9.17, 15) is 4.79 Å². The minimum atomic E-state index is -0.0618. The summed E-state index contributed by atoms with van der Waals surface area (Å²) < 4.78 is 0. The SMILES string of the molecule is CCN(CC)C(=O)c1cc2ccccc2nn1. The summed E-state index contributed by atoms with van der Waals surface area (Å²) in [5.74, 6) is -0.0618. The van der Waals surface area contributed by atoms with Gasteiger partial charge in [-0.05, 0) is 26.0 Å². The van der Waals surface area contributed by atoms with Gasteiger partial charge in [-0.25, -0.2) is 0 Å². The largest absolute Gasteiger partial charge is 0.338 e. The van der Waals surface area contributed by atoms with Gasteiger partial charge in [0.25, 0.3) is 5.91 Å². The summed E-state index contributed by atoms with van der Waals surface area (Å²) in [5.41, 5.74) is 1.22. The molecule has 0 bridgehead atoms. The maximum atomic E-state index is 12.1. The number of benzene rings is 1. The second kappa shape index (κ2) is 4.91. The smallest absolute Gasteiger partial charge is 0.274 e. The summed E-state index contributed by atoms with van der Waals surface area (Å²) in [5, 5.41) is 8.98. The van der Waals surface area contributed by atoms with E-state index in [0.29, 0.717) is 18.8 Å². The Morgan fingerprint density at radius 2 is 1.88 bits per heavy atom. The minimum Gasteiger partial charge on any atom is -0.338 e. The molecule has 0 saturated heterocycles. The molecule has 0 aliphatic rings. The molecule has 2 rings (SSSR count). The van der Waals surface area contributed by atoms with Gasteiger partial charge in [-0.2, -0.15) is 0 Å². The molecular weight excluding hydrogens is 214 g/mol. The highest BCUT2D eigenvalue weighted by atomic mass is 16.2. The molecule has 2 aromatic rings. The predicted molar refractivity (Wildman–Crippen MR) is 66.8 cm³/mol. The molecule has 1 heterocycles. The van der Waals surface area contributed by atoms with E-state index in [4.69, 9.17) is 0 Å². The standard InChI is InChI=1S/C13H15N3O/c1-3-16(4-2)13(17)12-9-10-7-5-6-8-11(10)14-15-12/h5-9H,3-4H2,1-2H3. The van der Waals surface area contributed by atoms with E-state index >= 15 is 0 Å². The third-order valence-electron chi connectivity index (χ3n) is 2.76. The van der Waals surface area contributed by atoms with E-state index < -0.39 is 0 Å². The van der Waals surface area contributed by atoms with Crippen molar-refractivity contribution in [3.63, 3.8) is 0 Å². The van der Waals surface area contributed by atoms with Gasteiger partial charge in [-0.3, -0.25) is 4.79 Å². The van der Waals surface area contributed by atoms with Gasteiger partial charge in [0.15, 0.2) is 5.69 Å². The minimum absolute atomic E-state index is 0.0618. The van der Waals surface area contributed by atoms with Crippen LogP contribution in [-0.2, 0) is 0 Å². The Bertz CT molecular complexity index is 535. The molecule has 0 aliphatic heterocycles. The Morgan fingerprint density at radius 3 is 2.59 bits per heavy atom. The van der Waals surface area contributed by atoms with Crippen LogP contribution in [0.1, 0.15) is 24.3 Å². The zero-order valence-corrected chi connectivity index (χ0v) is 10.1. The number of rotatable bonds is 3. The maximum Gasteiger partial charge on any atom is 0.274 e. The first kappa shape index (κ1) is 11.5. The number of amides is 1. The number of aromatic nitrogens is 2. The van der Waals surface area contributed by atoms with Gasteiger partial charge in [0, 0.05) is 18.5 Å². The Morgan fingerprint density at radius 1 is 1.18 bits per heavy atom. The molecule has 88 valence electrons. The molecule has 0 radical (unpaired) electrons. The van der Waals surface area contributed by atoms with Crippen LogP contribution in [0.25, 0.3) is 10.9 Å². The van der Waals surface area contributed by atoms with Crippen LogP contribution >= 0.6 is 0 Å². The quantitative estimate of drug-likeness (QED) is 0.809. The fourth-order valence-corrected chi connectivity index (χ4v) is 1.76. The molecule has 0 atom stereocenters. The van der Waals surface area contributed by atoms with Gasteiger partial charge in [0.05, 0.1) is 5.52 Å². The molecule has 0 aliphatic carbocycles. The van der Waals surface area contributed by atoms with Crippen LogP contribution in [0, 0.1) is 0 Å². The zero-order chi connectivity index (χ0) is 12.3. The average Bonchev–Trinajstić information content (AvgIpc) is 2.39. The van der Waals surface area contributed by atoms with Gasteiger partial charge in [0.2, 0.25) is 0 Å². The second-order valence-electron chi connectivity index (χ2n) is 3.77. The van der Waals surface area contributed by atoms with E-state index in [2.05, 4.69) is 10.2 Å². The van der Waals surface area contributed by atoms with Gasteiger partial charge in [0.1, 0.15) is 0 Å². The van der Waals surface area contributed by atoms with Crippen molar-refractivity contribution in [2.24, 2.45) is 0 Å². The number of carbonyl (C=O) groups is 1. The normalized spacial score (nSPS) is 10.5. The van der Waals surface area contributed by atoms with Crippen LogP contribution < -0.4 is 0 Å². The summed E-state index contributed by atoms with van der Waals surface area (Å²) in [4.78, 5) is 13.8. The second-order valence-corrected chi connectivity index (χ2v) is 3.77. The van der Waals surface area contributed by atoms with Crippen LogP contribution in [0.2, 0.25) is 0 Å². The summed E-state index contributed by atoms with van der Waals surface area (Å²) >= 11 is 0. The lowest BCUT2D eigenvalue weighted by molar-refractivity contribution is 0.0766. The molecule has 1 aromatic carbocycles. The molecule has 0 unspecified atom stereocenters. The molecule has 0 spiro atoms. The van der Waals surface area contributed by atoms with Crippen molar-refractivity contribution in [2.45, 2.75) is 13.8 Å². The van der Waals surface area contributed by atoms with Gasteiger partial charge in [-0.1, -0.05) is 18.2 Å². The van der Waals surface area contributed by atoms with Crippen LogP contribution in [0.5, 0.6) is 0 Å². The van der Waals surface area contributed by atoms with Crippen LogP contribution in [0.3, 0.4) is 0 Å². The lowest BCUT2D eigenvalue weighted by Crippen LogP contribution is -2.31. The molecule has 17 heavy (non-hydrogen) atoms. The first-order valence-corrected chi connectivity index (χ1v) is 5.78. The van der Waals surface area contributed by atoms with Crippen molar-refractivity contribution < 1.29 is 4.79 Å². The van der Waals surface area contributed by atoms with E-state index in [0.717, 1.165) is 10.9 Å².